The minimum atomic E-state index is -0.203. The Labute approximate surface area is 104 Å². The fraction of sp³-hybridized carbons (Fsp3) is 0.231. The highest BCUT2D eigenvalue weighted by Gasteiger charge is 2.15. The van der Waals surface area contributed by atoms with Gasteiger partial charge in [0.2, 0.25) is 0 Å². The van der Waals surface area contributed by atoms with Gasteiger partial charge in [-0.25, -0.2) is 0 Å². The van der Waals surface area contributed by atoms with Gasteiger partial charge < -0.3 is 10.2 Å². The highest BCUT2D eigenvalue weighted by atomic mass is 79.9. The molecule has 2 N–H and O–H groups in total. The molecule has 0 radical (unpaired) electrons. The molecule has 0 aliphatic heterocycles. The third-order valence-corrected chi connectivity index (χ3v) is 3.57. The van der Waals surface area contributed by atoms with Crippen LogP contribution >= 0.6 is 15.9 Å². The van der Waals surface area contributed by atoms with Crippen LogP contribution in [-0.4, -0.2) is 0 Å². The summed E-state index contributed by atoms with van der Waals surface area (Å²) in [6.45, 7) is 3.97. The monoisotopic (exact) mass is 279 g/mol. The second-order valence-corrected chi connectivity index (χ2v) is 4.73. The molecule has 16 heavy (non-hydrogen) atoms. The molecule has 84 valence electrons. The van der Waals surface area contributed by atoms with Crippen molar-refractivity contribution in [3.63, 3.8) is 0 Å². The van der Waals surface area contributed by atoms with Crippen LogP contribution < -0.4 is 5.73 Å². The molecule has 0 saturated heterocycles. The molecule has 1 aromatic carbocycles. The molecule has 2 aromatic rings. The second kappa shape index (κ2) is 4.44. The molecule has 0 bridgehead atoms. The quantitative estimate of drug-likeness (QED) is 0.910. The first-order chi connectivity index (χ1) is 7.59. The average Bonchev–Trinajstić information content (AvgIpc) is 2.68. The minimum absolute atomic E-state index is 0.203. The molecule has 0 aliphatic rings. The molecule has 0 amide bonds. The summed E-state index contributed by atoms with van der Waals surface area (Å²) in [5, 5.41) is 0. The van der Waals surface area contributed by atoms with Gasteiger partial charge in [-0.05, 0) is 43.2 Å². The van der Waals surface area contributed by atoms with Gasteiger partial charge in [-0.1, -0.05) is 28.1 Å². The van der Waals surface area contributed by atoms with Gasteiger partial charge in [-0.3, -0.25) is 0 Å². The van der Waals surface area contributed by atoms with Crippen LogP contribution in [0.5, 0.6) is 0 Å². The van der Waals surface area contributed by atoms with E-state index in [0.717, 1.165) is 27.1 Å². The van der Waals surface area contributed by atoms with E-state index in [9.17, 15) is 0 Å². The summed E-state index contributed by atoms with van der Waals surface area (Å²) in [6, 6.07) is 9.69. The van der Waals surface area contributed by atoms with E-state index < -0.39 is 0 Å². The van der Waals surface area contributed by atoms with Crippen molar-refractivity contribution in [1.29, 1.82) is 0 Å². The fourth-order valence-electron chi connectivity index (χ4n) is 1.73. The summed E-state index contributed by atoms with van der Waals surface area (Å²) in [5.41, 5.74) is 8.43. The molecule has 1 unspecified atom stereocenters. The standard InChI is InChI=1S/C13H14BrNO/c1-8-6-7-12(16-8)13(15)10-4-3-5-11(14)9(10)2/h3-7,13H,15H2,1-2H3. The number of aryl methyl sites for hydroxylation is 1. The van der Waals surface area contributed by atoms with Crippen molar-refractivity contribution >= 4 is 15.9 Å². The maximum atomic E-state index is 6.18. The van der Waals surface area contributed by atoms with Gasteiger partial charge in [0.15, 0.2) is 0 Å². The molecule has 3 heteroatoms. The van der Waals surface area contributed by atoms with E-state index in [2.05, 4.69) is 22.9 Å². The number of nitrogens with two attached hydrogens (primary N) is 1. The van der Waals surface area contributed by atoms with E-state index in [1.807, 2.05) is 37.3 Å². The van der Waals surface area contributed by atoms with E-state index >= 15 is 0 Å². The topological polar surface area (TPSA) is 39.2 Å². The summed E-state index contributed by atoms with van der Waals surface area (Å²) >= 11 is 3.51. The normalized spacial score (nSPS) is 12.8. The molecular formula is C13H14BrNO. The molecule has 0 saturated carbocycles. The van der Waals surface area contributed by atoms with Crippen LogP contribution in [0.2, 0.25) is 0 Å². The lowest BCUT2D eigenvalue weighted by Gasteiger charge is -2.13. The maximum absolute atomic E-state index is 6.18. The van der Waals surface area contributed by atoms with Crippen LogP contribution in [-0.2, 0) is 0 Å². The maximum Gasteiger partial charge on any atom is 0.125 e. The highest BCUT2D eigenvalue weighted by molar-refractivity contribution is 9.10. The highest BCUT2D eigenvalue weighted by Crippen LogP contribution is 2.28. The predicted molar refractivity (Wildman–Crippen MR) is 68.4 cm³/mol. The van der Waals surface area contributed by atoms with Crippen LogP contribution in [0.1, 0.15) is 28.7 Å². The Morgan fingerprint density at radius 1 is 1.19 bits per heavy atom. The van der Waals surface area contributed by atoms with E-state index in [4.69, 9.17) is 10.2 Å². The van der Waals surface area contributed by atoms with Gasteiger partial charge >= 0.3 is 0 Å². The molecular weight excluding hydrogens is 266 g/mol. The molecule has 1 heterocycles. The van der Waals surface area contributed by atoms with Crippen molar-refractivity contribution in [1.82, 2.24) is 0 Å². The zero-order valence-corrected chi connectivity index (χ0v) is 10.9. The second-order valence-electron chi connectivity index (χ2n) is 3.88. The van der Waals surface area contributed by atoms with Gasteiger partial charge in [-0.15, -0.1) is 0 Å². The third-order valence-electron chi connectivity index (χ3n) is 2.71. The Kier molecular flexibility index (Phi) is 3.17. The van der Waals surface area contributed by atoms with Crippen molar-refractivity contribution in [2.24, 2.45) is 5.73 Å². The average molecular weight is 280 g/mol. The van der Waals surface area contributed by atoms with E-state index in [1.165, 1.54) is 0 Å². The summed E-state index contributed by atoms with van der Waals surface area (Å²) in [5.74, 6) is 1.69. The SMILES string of the molecule is Cc1ccc(C(N)c2cccc(Br)c2C)o1. The molecule has 0 fully saturated rings. The van der Waals surface area contributed by atoms with Gasteiger partial charge in [0.1, 0.15) is 11.5 Å². The van der Waals surface area contributed by atoms with Crippen molar-refractivity contribution in [2.75, 3.05) is 0 Å². The third kappa shape index (κ3) is 2.06. The van der Waals surface area contributed by atoms with Crippen LogP contribution in [0.3, 0.4) is 0 Å². The lowest BCUT2D eigenvalue weighted by atomic mass is 10.0. The molecule has 2 rings (SSSR count). The van der Waals surface area contributed by atoms with Gasteiger partial charge in [0, 0.05) is 4.47 Å². The lowest BCUT2D eigenvalue weighted by molar-refractivity contribution is 0.465. The Morgan fingerprint density at radius 2 is 1.94 bits per heavy atom. The molecule has 0 spiro atoms. The Morgan fingerprint density at radius 3 is 2.56 bits per heavy atom. The first kappa shape index (κ1) is 11.4. The zero-order valence-electron chi connectivity index (χ0n) is 9.33. The number of hydrogen-bond donors (Lipinski definition) is 1. The minimum Gasteiger partial charge on any atom is -0.464 e. The number of hydrogen-bond acceptors (Lipinski definition) is 2. The largest absolute Gasteiger partial charge is 0.464 e. The van der Waals surface area contributed by atoms with Crippen molar-refractivity contribution < 1.29 is 4.42 Å². The number of halogens is 1. The van der Waals surface area contributed by atoms with E-state index in [0.29, 0.717) is 0 Å². The molecule has 2 nitrogen and oxygen atoms in total. The summed E-state index contributed by atoms with van der Waals surface area (Å²) < 4.78 is 6.63. The Bertz CT molecular complexity index is 504. The van der Waals surface area contributed by atoms with Crippen molar-refractivity contribution in [2.45, 2.75) is 19.9 Å². The summed E-state index contributed by atoms with van der Waals surface area (Å²) in [4.78, 5) is 0. The molecule has 1 aromatic heterocycles. The number of benzene rings is 1. The number of furan rings is 1. The van der Waals surface area contributed by atoms with Gasteiger partial charge in [0.25, 0.3) is 0 Å². The van der Waals surface area contributed by atoms with Crippen molar-refractivity contribution in [3.8, 4) is 0 Å². The van der Waals surface area contributed by atoms with Crippen LogP contribution in [0.15, 0.2) is 39.2 Å². The fourth-order valence-corrected chi connectivity index (χ4v) is 2.12. The van der Waals surface area contributed by atoms with E-state index in [-0.39, 0.29) is 6.04 Å². The van der Waals surface area contributed by atoms with Gasteiger partial charge in [-0.2, -0.15) is 0 Å². The predicted octanol–water partition coefficient (Wildman–Crippen LogP) is 3.71. The smallest absolute Gasteiger partial charge is 0.125 e. The van der Waals surface area contributed by atoms with Crippen LogP contribution in [0.4, 0.5) is 0 Å². The number of rotatable bonds is 2. The van der Waals surface area contributed by atoms with Crippen molar-refractivity contribution in [3.05, 3.63) is 57.5 Å². The van der Waals surface area contributed by atoms with Gasteiger partial charge in [0.05, 0.1) is 6.04 Å². The van der Waals surface area contributed by atoms with Crippen LogP contribution in [0, 0.1) is 13.8 Å². The lowest BCUT2D eigenvalue weighted by Crippen LogP contribution is -2.12. The van der Waals surface area contributed by atoms with E-state index in [1.54, 1.807) is 0 Å². The summed E-state index contributed by atoms with van der Waals surface area (Å²) in [7, 11) is 0. The zero-order chi connectivity index (χ0) is 11.7. The first-order valence-corrected chi connectivity index (χ1v) is 5.96. The Hall–Kier alpha value is -1.06. The molecule has 1 atom stereocenters. The Balaban J connectivity index is 2.41. The molecule has 0 aliphatic carbocycles. The summed E-state index contributed by atoms with van der Waals surface area (Å²) in [6.07, 6.45) is 0. The van der Waals surface area contributed by atoms with Crippen LogP contribution in [0.25, 0.3) is 0 Å². The first-order valence-electron chi connectivity index (χ1n) is 5.16.